The van der Waals surface area contributed by atoms with Crippen molar-refractivity contribution in [1.82, 2.24) is 15.5 Å². The van der Waals surface area contributed by atoms with Gasteiger partial charge in [0.15, 0.2) is 0 Å². The Bertz CT molecular complexity index is 674. The van der Waals surface area contributed by atoms with E-state index in [9.17, 15) is 19.5 Å². The molecule has 0 bridgehead atoms. The van der Waals surface area contributed by atoms with Gasteiger partial charge in [0.1, 0.15) is 11.8 Å². The van der Waals surface area contributed by atoms with Gasteiger partial charge in [0.2, 0.25) is 5.91 Å². The Kier molecular flexibility index (Phi) is 7.18. The lowest BCUT2D eigenvalue weighted by molar-refractivity contribution is -0.131. The van der Waals surface area contributed by atoms with Gasteiger partial charge in [0.25, 0.3) is 5.91 Å². The van der Waals surface area contributed by atoms with E-state index in [1.54, 1.807) is 7.11 Å². The van der Waals surface area contributed by atoms with Crippen LogP contribution in [0.2, 0.25) is 0 Å². The summed E-state index contributed by atoms with van der Waals surface area (Å²) in [7, 11) is 1.59. The van der Waals surface area contributed by atoms with E-state index >= 15 is 0 Å². The third kappa shape index (κ3) is 5.43. The SMILES string of the molecule is COc1ccc(CCN2C(=O)NC(CC(=O)NC(CO)C(C)C)C2=O)cc1. The van der Waals surface area contributed by atoms with Crippen LogP contribution in [0.5, 0.6) is 5.75 Å². The Morgan fingerprint density at radius 2 is 1.96 bits per heavy atom. The Morgan fingerprint density at radius 1 is 1.30 bits per heavy atom. The highest BCUT2D eigenvalue weighted by Gasteiger charge is 2.38. The molecule has 1 fully saturated rings. The monoisotopic (exact) mass is 377 g/mol. The van der Waals surface area contributed by atoms with Crippen LogP contribution in [0.15, 0.2) is 24.3 Å². The van der Waals surface area contributed by atoms with E-state index in [1.165, 1.54) is 0 Å². The van der Waals surface area contributed by atoms with Gasteiger partial charge < -0.3 is 20.5 Å². The Morgan fingerprint density at radius 3 is 2.52 bits per heavy atom. The van der Waals surface area contributed by atoms with E-state index in [1.807, 2.05) is 38.1 Å². The maximum atomic E-state index is 12.5. The van der Waals surface area contributed by atoms with E-state index in [-0.39, 0.29) is 37.4 Å². The van der Waals surface area contributed by atoms with Crippen LogP contribution in [0.3, 0.4) is 0 Å². The van der Waals surface area contributed by atoms with E-state index in [4.69, 9.17) is 4.74 Å². The lowest BCUT2D eigenvalue weighted by Gasteiger charge is -2.20. The van der Waals surface area contributed by atoms with Crippen LogP contribution in [0, 0.1) is 5.92 Å². The molecule has 27 heavy (non-hydrogen) atoms. The molecule has 8 nitrogen and oxygen atoms in total. The minimum atomic E-state index is -0.875. The van der Waals surface area contributed by atoms with E-state index in [2.05, 4.69) is 10.6 Å². The number of carbonyl (C=O) groups excluding carboxylic acids is 3. The van der Waals surface area contributed by atoms with Crippen molar-refractivity contribution in [2.24, 2.45) is 5.92 Å². The maximum absolute atomic E-state index is 12.5. The Labute approximate surface area is 158 Å². The fraction of sp³-hybridized carbons (Fsp3) is 0.526. The molecule has 1 saturated heterocycles. The smallest absolute Gasteiger partial charge is 0.324 e. The molecule has 2 rings (SSSR count). The van der Waals surface area contributed by atoms with Crippen LogP contribution in [-0.4, -0.2) is 60.2 Å². The van der Waals surface area contributed by atoms with Crippen molar-refractivity contribution in [2.45, 2.75) is 38.8 Å². The third-order valence-corrected chi connectivity index (χ3v) is 4.63. The highest BCUT2D eigenvalue weighted by molar-refractivity contribution is 6.05. The molecule has 0 aromatic heterocycles. The van der Waals surface area contributed by atoms with Crippen molar-refractivity contribution in [3.63, 3.8) is 0 Å². The van der Waals surface area contributed by atoms with Crippen molar-refractivity contribution >= 4 is 17.8 Å². The molecular weight excluding hydrogens is 350 g/mol. The van der Waals surface area contributed by atoms with Gasteiger partial charge in [-0.2, -0.15) is 0 Å². The van der Waals surface area contributed by atoms with Crippen LogP contribution in [0.25, 0.3) is 0 Å². The normalized spacial score (nSPS) is 17.8. The molecule has 1 aromatic carbocycles. The highest BCUT2D eigenvalue weighted by atomic mass is 16.5. The molecule has 1 aromatic rings. The van der Waals surface area contributed by atoms with E-state index in [0.717, 1.165) is 16.2 Å². The first-order valence-corrected chi connectivity index (χ1v) is 9.00. The molecule has 1 aliphatic rings. The number of benzene rings is 1. The number of rotatable bonds is 9. The first-order chi connectivity index (χ1) is 12.8. The van der Waals surface area contributed by atoms with Gasteiger partial charge in [-0.25, -0.2) is 4.79 Å². The molecule has 8 heteroatoms. The lowest BCUT2D eigenvalue weighted by atomic mass is 10.0. The molecular formula is C19H27N3O5. The van der Waals surface area contributed by atoms with Crippen LogP contribution in [0.4, 0.5) is 4.79 Å². The second-order valence-corrected chi connectivity index (χ2v) is 6.89. The number of nitrogens with zero attached hydrogens (tertiary/aromatic N) is 1. The van der Waals surface area contributed by atoms with Crippen molar-refractivity contribution in [1.29, 1.82) is 0 Å². The zero-order chi connectivity index (χ0) is 20.0. The van der Waals surface area contributed by atoms with Crippen molar-refractivity contribution in [2.75, 3.05) is 20.3 Å². The number of methoxy groups -OCH3 is 1. The zero-order valence-corrected chi connectivity index (χ0v) is 15.9. The summed E-state index contributed by atoms with van der Waals surface area (Å²) in [6.45, 7) is 3.82. The second kappa shape index (κ2) is 9.36. The maximum Gasteiger partial charge on any atom is 0.324 e. The number of ether oxygens (including phenoxy) is 1. The topological polar surface area (TPSA) is 108 Å². The van der Waals surface area contributed by atoms with Gasteiger partial charge in [-0.3, -0.25) is 14.5 Å². The van der Waals surface area contributed by atoms with Crippen molar-refractivity contribution < 1.29 is 24.2 Å². The molecule has 3 N–H and O–H groups in total. The summed E-state index contributed by atoms with van der Waals surface area (Å²) in [5, 5.41) is 14.5. The highest BCUT2D eigenvalue weighted by Crippen LogP contribution is 2.14. The third-order valence-electron chi connectivity index (χ3n) is 4.63. The largest absolute Gasteiger partial charge is 0.497 e. The molecule has 148 valence electrons. The molecule has 0 radical (unpaired) electrons. The number of aliphatic hydroxyl groups is 1. The number of aliphatic hydroxyl groups excluding tert-OH is 1. The molecule has 0 saturated carbocycles. The van der Waals surface area contributed by atoms with Crippen molar-refractivity contribution in [3.8, 4) is 5.75 Å². The zero-order valence-electron chi connectivity index (χ0n) is 15.9. The summed E-state index contributed by atoms with van der Waals surface area (Å²) in [4.78, 5) is 37.8. The average Bonchev–Trinajstić information content (AvgIpc) is 2.91. The molecule has 2 unspecified atom stereocenters. The molecule has 1 heterocycles. The van der Waals surface area contributed by atoms with E-state index < -0.39 is 18.0 Å². The fourth-order valence-electron chi connectivity index (χ4n) is 2.83. The molecule has 4 amide bonds. The number of hydrogen-bond donors (Lipinski definition) is 3. The van der Waals surface area contributed by atoms with Gasteiger partial charge >= 0.3 is 6.03 Å². The standard InChI is InChI=1S/C19H27N3O5/c1-12(2)16(11-23)20-17(24)10-15-18(25)22(19(26)21-15)9-8-13-4-6-14(27-3)7-5-13/h4-7,12,15-16,23H,8-11H2,1-3H3,(H,20,24)(H,21,26). The first-order valence-electron chi connectivity index (χ1n) is 9.00. The number of carbonyl (C=O) groups is 3. The number of imide groups is 1. The van der Waals surface area contributed by atoms with Gasteiger partial charge in [-0.15, -0.1) is 0 Å². The summed E-state index contributed by atoms with van der Waals surface area (Å²) >= 11 is 0. The predicted molar refractivity (Wildman–Crippen MR) is 99.2 cm³/mol. The molecule has 1 aliphatic heterocycles. The van der Waals surface area contributed by atoms with Crippen LogP contribution < -0.4 is 15.4 Å². The van der Waals surface area contributed by atoms with Gasteiger partial charge in [-0.1, -0.05) is 26.0 Å². The summed E-state index contributed by atoms with van der Waals surface area (Å²) < 4.78 is 5.10. The van der Waals surface area contributed by atoms with Gasteiger partial charge in [0.05, 0.1) is 26.2 Å². The predicted octanol–water partition coefficient (Wildman–Crippen LogP) is 0.681. The molecule has 0 spiro atoms. The Balaban J connectivity index is 1.88. The summed E-state index contributed by atoms with van der Waals surface area (Å²) in [5.41, 5.74) is 0.973. The second-order valence-electron chi connectivity index (χ2n) is 6.89. The molecule has 2 atom stereocenters. The average molecular weight is 377 g/mol. The van der Waals surface area contributed by atoms with Crippen LogP contribution in [-0.2, 0) is 16.0 Å². The quantitative estimate of drug-likeness (QED) is 0.549. The summed E-state index contributed by atoms with van der Waals surface area (Å²) in [6, 6.07) is 5.65. The lowest BCUT2D eigenvalue weighted by Crippen LogP contribution is -2.44. The Hall–Kier alpha value is -2.61. The number of amides is 4. The molecule has 0 aliphatic carbocycles. The number of nitrogens with one attached hydrogen (secondary N) is 2. The number of hydrogen-bond acceptors (Lipinski definition) is 5. The minimum absolute atomic E-state index is 0.0637. The minimum Gasteiger partial charge on any atom is -0.497 e. The first kappa shape index (κ1) is 20.7. The fourth-order valence-corrected chi connectivity index (χ4v) is 2.83. The van der Waals surface area contributed by atoms with Crippen LogP contribution >= 0.6 is 0 Å². The van der Waals surface area contributed by atoms with Crippen LogP contribution in [0.1, 0.15) is 25.8 Å². The summed E-state index contributed by atoms with van der Waals surface area (Å²) in [6.07, 6.45) is 0.370. The summed E-state index contributed by atoms with van der Waals surface area (Å²) in [5.74, 6) is 0.0170. The number of urea groups is 1. The van der Waals surface area contributed by atoms with E-state index in [0.29, 0.717) is 6.42 Å². The van der Waals surface area contributed by atoms with Gasteiger partial charge in [0, 0.05) is 6.54 Å². The van der Waals surface area contributed by atoms with Gasteiger partial charge in [-0.05, 0) is 30.0 Å². The van der Waals surface area contributed by atoms with Crippen molar-refractivity contribution in [3.05, 3.63) is 29.8 Å².